The Balaban J connectivity index is 1.76. The molecule has 0 saturated heterocycles. The molecule has 0 unspecified atom stereocenters. The Kier molecular flexibility index (Phi) is 3.66. The van der Waals surface area contributed by atoms with Crippen LogP contribution in [0.15, 0.2) is 30.7 Å². The maximum absolute atomic E-state index is 5.96. The number of rotatable bonds is 5. The molecule has 0 aliphatic rings. The molecule has 3 heterocycles. The van der Waals surface area contributed by atoms with Gasteiger partial charge in [0.2, 0.25) is 0 Å². The molecule has 6 nitrogen and oxygen atoms in total. The maximum atomic E-state index is 5.96. The summed E-state index contributed by atoms with van der Waals surface area (Å²) in [5, 5.41) is 12.1. The minimum absolute atomic E-state index is 0.596. The smallest absolute Gasteiger partial charge is 0.137 e. The summed E-state index contributed by atoms with van der Waals surface area (Å²) < 4.78 is 3.70. The van der Waals surface area contributed by atoms with E-state index in [1.807, 2.05) is 35.1 Å². The average molecular weight is 291 g/mol. The highest BCUT2D eigenvalue weighted by Crippen LogP contribution is 2.12. The Morgan fingerprint density at radius 1 is 1.20 bits per heavy atom. The minimum atomic E-state index is 0.596. The van der Waals surface area contributed by atoms with Gasteiger partial charge < -0.3 is 9.72 Å². The Hall–Kier alpha value is -1.92. The standard InChI is InChI=1S/C13H15ClN6/c1-2-15-5-11-8-20(18-17-11)9-12-7-19-6-10(14)3-4-13(19)16-12/h3-4,6-8,15H,2,5,9H2,1H3. The van der Waals surface area contributed by atoms with Gasteiger partial charge in [0, 0.05) is 18.9 Å². The molecule has 0 aliphatic carbocycles. The molecule has 3 rings (SSSR count). The molecule has 3 aromatic heterocycles. The van der Waals surface area contributed by atoms with Crippen LogP contribution in [0, 0.1) is 0 Å². The van der Waals surface area contributed by atoms with Crippen molar-refractivity contribution in [2.24, 2.45) is 0 Å². The van der Waals surface area contributed by atoms with Gasteiger partial charge in [-0.15, -0.1) is 5.10 Å². The highest BCUT2D eigenvalue weighted by Gasteiger charge is 2.05. The fraction of sp³-hybridized carbons (Fsp3) is 0.308. The summed E-state index contributed by atoms with van der Waals surface area (Å²) in [4.78, 5) is 4.52. The molecule has 0 radical (unpaired) electrons. The van der Waals surface area contributed by atoms with Crippen molar-refractivity contribution in [3.63, 3.8) is 0 Å². The third kappa shape index (κ3) is 2.81. The van der Waals surface area contributed by atoms with Crippen LogP contribution in [0.2, 0.25) is 5.02 Å². The zero-order valence-electron chi connectivity index (χ0n) is 11.1. The van der Waals surface area contributed by atoms with Gasteiger partial charge in [-0.05, 0) is 18.7 Å². The number of fused-ring (bicyclic) bond motifs is 1. The van der Waals surface area contributed by atoms with E-state index in [0.717, 1.165) is 30.1 Å². The molecule has 20 heavy (non-hydrogen) atoms. The lowest BCUT2D eigenvalue weighted by molar-refractivity contribution is 0.639. The second-order valence-electron chi connectivity index (χ2n) is 4.53. The van der Waals surface area contributed by atoms with Crippen LogP contribution in [0.3, 0.4) is 0 Å². The summed E-state index contributed by atoms with van der Waals surface area (Å²) in [6.07, 6.45) is 5.72. The molecule has 0 aromatic carbocycles. The minimum Gasteiger partial charge on any atom is -0.311 e. The number of hydrogen-bond donors (Lipinski definition) is 1. The van der Waals surface area contributed by atoms with Crippen LogP contribution in [-0.4, -0.2) is 30.9 Å². The number of halogens is 1. The zero-order chi connectivity index (χ0) is 13.9. The van der Waals surface area contributed by atoms with E-state index in [9.17, 15) is 0 Å². The fourth-order valence-corrected chi connectivity index (χ4v) is 2.18. The SMILES string of the molecule is CCNCc1cn(Cc2cn3cc(Cl)ccc3n2)nn1. The molecule has 1 N–H and O–H groups in total. The van der Waals surface area contributed by atoms with Crippen LogP contribution in [0.4, 0.5) is 0 Å². The molecular weight excluding hydrogens is 276 g/mol. The van der Waals surface area contributed by atoms with Crippen molar-refractivity contribution in [2.45, 2.75) is 20.0 Å². The monoisotopic (exact) mass is 290 g/mol. The number of nitrogens with zero attached hydrogens (tertiary/aromatic N) is 5. The van der Waals surface area contributed by atoms with Gasteiger partial charge in [0.1, 0.15) is 5.65 Å². The van der Waals surface area contributed by atoms with Crippen LogP contribution in [0.1, 0.15) is 18.3 Å². The van der Waals surface area contributed by atoms with E-state index in [-0.39, 0.29) is 0 Å². The van der Waals surface area contributed by atoms with Crippen molar-refractivity contribution >= 4 is 17.2 Å². The van der Waals surface area contributed by atoms with Crippen molar-refractivity contribution in [3.8, 4) is 0 Å². The average Bonchev–Trinajstić information content (AvgIpc) is 3.02. The predicted octanol–water partition coefficient (Wildman–Crippen LogP) is 1.74. The normalized spacial score (nSPS) is 11.3. The van der Waals surface area contributed by atoms with Crippen molar-refractivity contribution < 1.29 is 0 Å². The molecule has 0 spiro atoms. The molecule has 104 valence electrons. The van der Waals surface area contributed by atoms with E-state index in [1.165, 1.54) is 0 Å². The summed E-state index contributed by atoms with van der Waals surface area (Å²) in [5.41, 5.74) is 2.73. The van der Waals surface area contributed by atoms with E-state index in [1.54, 1.807) is 4.68 Å². The van der Waals surface area contributed by atoms with Gasteiger partial charge in [-0.3, -0.25) is 0 Å². The fourth-order valence-electron chi connectivity index (χ4n) is 2.01. The topological polar surface area (TPSA) is 60.0 Å². The van der Waals surface area contributed by atoms with Gasteiger partial charge in [0.15, 0.2) is 0 Å². The summed E-state index contributed by atoms with van der Waals surface area (Å²) in [6, 6.07) is 3.72. The molecule has 0 bridgehead atoms. The second-order valence-corrected chi connectivity index (χ2v) is 4.97. The van der Waals surface area contributed by atoms with Crippen LogP contribution < -0.4 is 5.32 Å². The largest absolute Gasteiger partial charge is 0.311 e. The molecule has 0 saturated carbocycles. The Morgan fingerprint density at radius 2 is 2.10 bits per heavy atom. The number of hydrogen-bond acceptors (Lipinski definition) is 4. The number of nitrogens with one attached hydrogen (secondary N) is 1. The lowest BCUT2D eigenvalue weighted by Gasteiger charge is -1.95. The molecule has 0 atom stereocenters. The number of pyridine rings is 1. The van der Waals surface area contributed by atoms with Crippen molar-refractivity contribution in [3.05, 3.63) is 47.1 Å². The lowest BCUT2D eigenvalue weighted by atomic mass is 10.4. The summed E-state index contributed by atoms with van der Waals surface area (Å²) in [7, 11) is 0. The van der Waals surface area contributed by atoms with Gasteiger partial charge >= 0.3 is 0 Å². The Morgan fingerprint density at radius 3 is 2.95 bits per heavy atom. The summed E-state index contributed by atoms with van der Waals surface area (Å²) >= 11 is 5.96. The summed E-state index contributed by atoms with van der Waals surface area (Å²) in [5.74, 6) is 0. The van der Waals surface area contributed by atoms with Crippen LogP contribution in [0.5, 0.6) is 0 Å². The van der Waals surface area contributed by atoms with Gasteiger partial charge in [-0.1, -0.05) is 23.7 Å². The molecule has 0 fully saturated rings. The van der Waals surface area contributed by atoms with Gasteiger partial charge in [0.25, 0.3) is 0 Å². The molecule has 0 aliphatic heterocycles. The van der Waals surface area contributed by atoms with E-state index in [4.69, 9.17) is 11.6 Å². The van der Waals surface area contributed by atoms with Crippen molar-refractivity contribution in [1.82, 2.24) is 29.7 Å². The van der Waals surface area contributed by atoms with E-state index >= 15 is 0 Å². The van der Waals surface area contributed by atoms with Crippen LogP contribution in [0.25, 0.3) is 5.65 Å². The first-order valence-electron chi connectivity index (χ1n) is 6.47. The highest BCUT2D eigenvalue weighted by molar-refractivity contribution is 6.30. The zero-order valence-corrected chi connectivity index (χ0v) is 11.9. The van der Waals surface area contributed by atoms with E-state index < -0.39 is 0 Å². The van der Waals surface area contributed by atoms with Crippen LogP contribution >= 0.6 is 11.6 Å². The van der Waals surface area contributed by atoms with Crippen molar-refractivity contribution in [2.75, 3.05) is 6.54 Å². The van der Waals surface area contributed by atoms with Gasteiger partial charge in [-0.2, -0.15) is 0 Å². The summed E-state index contributed by atoms with van der Waals surface area (Å²) in [6.45, 7) is 4.31. The third-order valence-corrected chi connectivity index (χ3v) is 3.15. The lowest BCUT2D eigenvalue weighted by Crippen LogP contribution is -2.11. The molecular formula is C13H15ClN6. The van der Waals surface area contributed by atoms with Gasteiger partial charge in [-0.25, -0.2) is 9.67 Å². The third-order valence-electron chi connectivity index (χ3n) is 2.93. The first kappa shape index (κ1) is 13.1. The molecule has 3 aromatic rings. The number of aromatic nitrogens is 5. The van der Waals surface area contributed by atoms with Crippen molar-refractivity contribution in [1.29, 1.82) is 0 Å². The first-order valence-corrected chi connectivity index (χ1v) is 6.85. The van der Waals surface area contributed by atoms with E-state index in [2.05, 4.69) is 27.5 Å². The predicted molar refractivity (Wildman–Crippen MR) is 76.7 cm³/mol. The van der Waals surface area contributed by atoms with Gasteiger partial charge in [0.05, 0.1) is 29.2 Å². The molecule has 7 heteroatoms. The Labute approximate surface area is 121 Å². The molecule has 0 amide bonds. The maximum Gasteiger partial charge on any atom is 0.137 e. The van der Waals surface area contributed by atoms with E-state index in [0.29, 0.717) is 11.6 Å². The Bertz CT molecular complexity index is 717. The second kappa shape index (κ2) is 5.60. The quantitative estimate of drug-likeness (QED) is 0.777. The number of imidazole rings is 1. The van der Waals surface area contributed by atoms with Crippen LogP contribution in [-0.2, 0) is 13.1 Å². The highest BCUT2D eigenvalue weighted by atomic mass is 35.5. The first-order chi connectivity index (χ1) is 9.74.